The van der Waals surface area contributed by atoms with Gasteiger partial charge in [-0.25, -0.2) is 0 Å². The lowest BCUT2D eigenvalue weighted by molar-refractivity contribution is 0.144. The molecule has 0 aliphatic rings. The zero-order valence-electron chi connectivity index (χ0n) is 15.9. The van der Waals surface area contributed by atoms with Gasteiger partial charge in [0.25, 0.3) is 0 Å². The molecule has 0 aromatic rings. The molecule has 0 aromatic carbocycles. The van der Waals surface area contributed by atoms with Gasteiger partial charge in [-0.1, -0.05) is 83.3 Å². The molecule has 2 atom stereocenters. The molecule has 0 rings (SSSR count). The van der Waals surface area contributed by atoms with Gasteiger partial charge in [0.15, 0.2) is 0 Å². The first-order valence-corrected chi connectivity index (χ1v) is 8.88. The highest BCUT2D eigenvalue weighted by atomic mass is 16.3. The van der Waals surface area contributed by atoms with Crippen LogP contribution >= 0.6 is 0 Å². The Labute approximate surface area is 134 Å². The van der Waals surface area contributed by atoms with Crippen molar-refractivity contribution in [1.82, 2.24) is 0 Å². The summed E-state index contributed by atoms with van der Waals surface area (Å²) in [5.74, 6) is 0. The molecule has 0 aliphatic heterocycles. The topological polar surface area (TPSA) is 66.5 Å². The first-order valence-electron chi connectivity index (χ1n) is 9.70. The van der Waals surface area contributed by atoms with Gasteiger partial charge in [-0.2, -0.15) is 0 Å². The van der Waals surface area contributed by atoms with Gasteiger partial charge in [0.1, 0.15) is 0 Å². The van der Waals surface area contributed by atoms with E-state index in [9.17, 15) is 0 Å². The molecule has 0 amide bonds. The number of nitrogens with two attached hydrogens (primary N) is 1. The molecule has 3 nitrogen and oxygen atoms in total. The second kappa shape index (κ2) is 16.0. The van der Waals surface area contributed by atoms with Crippen LogP contribution in [0, 0.1) is 0 Å². The maximum atomic E-state index is 6.98. The van der Waals surface area contributed by atoms with E-state index in [1.807, 2.05) is 12.2 Å². The first kappa shape index (κ1) is 17.0. The molecule has 0 radical (unpaired) electrons. The van der Waals surface area contributed by atoms with Crippen molar-refractivity contribution in [2.24, 2.45) is 5.73 Å². The van der Waals surface area contributed by atoms with Crippen LogP contribution in [-0.2, 0) is 0 Å². The second-order valence-electron chi connectivity index (χ2n) is 6.05. The highest BCUT2D eigenvalue weighted by Gasteiger charge is 2.08. The Morgan fingerprint density at radius 2 is 1.52 bits per heavy atom. The van der Waals surface area contributed by atoms with Gasteiger partial charge < -0.3 is 16.0 Å². The molecule has 0 fully saturated rings. The Morgan fingerprint density at radius 1 is 0.952 bits per heavy atom. The average molecular weight is 304 g/mol. The molecule has 3 heteroatoms. The molecule has 0 heterocycles. The van der Waals surface area contributed by atoms with Crippen molar-refractivity contribution in [1.29, 1.82) is 2.86 Å². The highest BCUT2D eigenvalue weighted by Crippen LogP contribution is 2.12. The average Bonchev–Trinajstić information content (AvgIpc) is 2.55. The number of allylic oxidation sites excluding steroid dienone is 1. The van der Waals surface area contributed by atoms with Gasteiger partial charge in [0, 0.05) is 0 Å². The van der Waals surface area contributed by atoms with Crippen LogP contribution in [-0.4, -0.2) is 31.8 Å². The fourth-order valence-electron chi connectivity index (χ4n) is 2.39. The summed E-state index contributed by atoms with van der Waals surface area (Å²) in [6.07, 6.45) is 19.1. The van der Waals surface area contributed by atoms with E-state index in [0.29, 0.717) is 0 Å². The predicted octanol–water partition coefficient (Wildman–Crippen LogP) is 3.92. The van der Waals surface area contributed by atoms with Crippen molar-refractivity contribution in [3.8, 4) is 0 Å². The monoisotopic (exact) mass is 303 g/mol. The Hall–Kier alpha value is -0.380. The summed E-state index contributed by atoms with van der Waals surface area (Å²) in [6.45, 7) is 2.34. The van der Waals surface area contributed by atoms with Gasteiger partial charge in [-0.3, -0.25) is 0 Å². The lowest BCUT2D eigenvalue weighted by Crippen LogP contribution is -2.36. The third-order valence-corrected chi connectivity index (χ3v) is 3.91. The van der Waals surface area contributed by atoms with E-state index in [1.165, 1.54) is 70.6 Å². The number of hydrogen-bond acceptors (Lipinski definition) is 3. The van der Waals surface area contributed by atoms with E-state index in [2.05, 4.69) is 17.1 Å². The Kier molecular flexibility index (Phi) is 12.9. The fraction of sp³-hybridized carbons (Fsp3) is 0.889. The van der Waals surface area contributed by atoms with Crippen molar-refractivity contribution < 1.29 is 10.2 Å². The van der Waals surface area contributed by atoms with E-state index >= 15 is 0 Å². The minimum Gasteiger partial charge on any atom is -0.395 e. The maximum absolute atomic E-state index is 6.98. The molecule has 21 heavy (non-hydrogen) atoms. The van der Waals surface area contributed by atoms with Crippen molar-refractivity contribution in [2.75, 3.05) is 6.61 Å². The third kappa shape index (κ3) is 14.3. The standard InChI is InChI=1S/C18H37NO2/c1-2-3-4-5-6-7-8-9-10-11-12-13-14-15-18(21)17(19)16-20/h14-15,17-18,20-21H,2-13,16,19H2,1H3/b15-14+/t17-,18+/m1/s1/i20T,21T. The number of rotatable bonds is 17. The van der Waals surface area contributed by atoms with Gasteiger partial charge in [0.2, 0.25) is 2.86 Å². The van der Waals surface area contributed by atoms with Crippen molar-refractivity contribution >= 4 is 0 Å². The SMILES string of the molecule is [3H]OC[C@@H](N)[C@H](/C=C/CCCCCCCCCCCCC)O[3H]. The fourth-order valence-corrected chi connectivity index (χ4v) is 2.39. The summed E-state index contributed by atoms with van der Waals surface area (Å²) in [5.41, 5.74) is 5.74. The van der Waals surface area contributed by atoms with Crippen LogP contribution in [0.1, 0.15) is 84.0 Å². The maximum Gasteiger partial charge on any atom is 0.211 e. The number of aliphatic hydroxyl groups excluding tert-OH is 2. The Morgan fingerprint density at radius 3 is 2.05 bits per heavy atom. The van der Waals surface area contributed by atoms with Gasteiger partial charge in [-0.15, -0.1) is 0 Å². The predicted molar refractivity (Wildman–Crippen MR) is 91.3 cm³/mol. The van der Waals surface area contributed by atoms with Crippen LogP contribution in [0.15, 0.2) is 12.2 Å². The summed E-state index contributed by atoms with van der Waals surface area (Å²) in [4.78, 5) is 0. The Balaban J connectivity index is 3.39. The van der Waals surface area contributed by atoms with E-state index in [1.54, 1.807) is 0 Å². The van der Waals surface area contributed by atoms with Gasteiger partial charge in [0.05, 0.1) is 18.8 Å². The largest absolute Gasteiger partial charge is 0.395 e. The molecule has 4 N–H and O–H groups in total. The third-order valence-electron chi connectivity index (χ3n) is 3.91. The normalized spacial score (nSPS) is 15.9. The molecule has 126 valence electrons. The number of aliphatic hydroxyl groups is 2. The molecule has 0 unspecified atom stereocenters. The molecule has 0 bridgehead atoms. The number of unbranched alkanes of at least 4 members (excludes halogenated alkanes) is 11. The molecule has 0 spiro atoms. The lowest BCUT2D eigenvalue weighted by Gasteiger charge is -2.11. The van der Waals surface area contributed by atoms with Crippen LogP contribution in [0.5, 0.6) is 0 Å². The zero-order chi connectivity index (χ0) is 17.2. The van der Waals surface area contributed by atoms with Crippen LogP contribution in [0.2, 0.25) is 0 Å². The van der Waals surface area contributed by atoms with Gasteiger partial charge >= 0.3 is 0 Å². The first-order chi connectivity index (χ1) is 11.3. The van der Waals surface area contributed by atoms with Crippen molar-refractivity contribution in [3.63, 3.8) is 0 Å². The minimum absolute atomic E-state index is 0.0757. The van der Waals surface area contributed by atoms with E-state index in [0.717, 1.165) is 6.42 Å². The molecule has 0 saturated carbocycles. The highest BCUT2D eigenvalue weighted by molar-refractivity contribution is 4.93. The lowest BCUT2D eigenvalue weighted by atomic mass is 10.0. The smallest absolute Gasteiger partial charge is 0.211 e. The molecular formula is C18H37NO2. The van der Waals surface area contributed by atoms with Crippen molar-refractivity contribution in [2.45, 2.75) is 96.1 Å². The molecule has 0 aliphatic carbocycles. The Bertz CT molecular complexity index is 265. The van der Waals surface area contributed by atoms with Crippen LogP contribution in [0.4, 0.5) is 0 Å². The quantitative estimate of drug-likeness (QED) is 0.282. The second-order valence-corrected chi connectivity index (χ2v) is 6.05. The van der Waals surface area contributed by atoms with Crippen molar-refractivity contribution in [3.05, 3.63) is 12.2 Å². The van der Waals surface area contributed by atoms with Gasteiger partial charge in [-0.05, 0) is 12.8 Å². The molecule has 0 saturated heterocycles. The number of hydrogen-bond donors (Lipinski definition) is 3. The zero-order valence-corrected chi connectivity index (χ0v) is 13.9. The van der Waals surface area contributed by atoms with E-state index < -0.39 is 12.1 Å². The molecular weight excluding hydrogens is 262 g/mol. The summed E-state index contributed by atoms with van der Waals surface area (Å²) in [6, 6.07) is -0.460. The van der Waals surface area contributed by atoms with E-state index in [4.69, 9.17) is 8.60 Å². The summed E-state index contributed by atoms with van der Waals surface area (Å²) >= 11 is 0. The summed E-state index contributed by atoms with van der Waals surface area (Å²) in [7, 11) is 0. The van der Waals surface area contributed by atoms with Crippen LogP contribution in [0.25, 0.3) is 0 Å². The van der Waals surface area contributed by atoms with Crippen LogP contribution in [0.3, 0.4) is 0 Å². The van der Waals surface area contributed by atoms with Crippen LogP contribution < -0.4 is 5.73 Å². The molecule has 0 aromatic heterocycles. The minimum atomic E-state index is -0.493. The summed E-state index contributed by atoms with van der Waals surface area (Å²) < 4.78 is 13.6. The summed E-state index contributed by atoms with van der Waals surface area (Å²) in [5, 5.41) is 8.78. The van der Waals surface area contributed by atoms with E-state index in [-0.39, 0.29) is 6.61 Å².